The van der Waals surface area contributed by atoms with Crippen LogP contribution in [0.5, 0.6) is 0 Å². The molecule has 0 aliphatic rings. The summed E-state index contributed by atoms with van der Waals surface area (Å²) in [6, 6.07) is 16.1. The van der Waals surface area contributed by atoms with Gasteiger partial charge in [0.2, 0.25) is 0 Å². The molecule has 0 unspecified atom stereocenters. The van der Waals surface area contributed by atoms with Gasteiger partial charge in [0.25, 0.3) is 5.91 Å². The molecule has 8 nitrogen and oxygen atoms in total. The molecule has 2 heterocycles. The summed E-state index contributed by atoms with van der Waals surface area (Å²) < 4.78 is 0. The van der Waals surface area contributed by atoms with E-state index in [1.54, 1.807) is 30.5 Å². The number of hydrogen-bond donors (Lipinski definition) is 4. The smallest absolute Gasteiger partial charge is 0.269 e. The maximum absolute atomic E-state index is 12.2. The van der Waals surface area contributed by atoms with Crippen molar-refractivity contribution in [3.63, 3.8) is 0 Å². The first-order valence-corrected chi connectivity index (χ1v) is 9.03. The zero-order valence-corrected chi connectivity index (χ0v) is 15.8. The van der Waals surface area contributed by atoms with Gasteiger partial charge in [-0.1, -0.05) is 29.8 Å². The van der Waals surface area contributed by atoms with Crippen LogP contribution in [-0.2, 0) is 0 Å². The molecule has 0 aliphatic carbocycles. The number of hydrazine groups is 1. The molecule has 2 aromatic heterocycles. The minimum atomic E-state index is -0.354. The van der Waals surface area contributed by atoms with Crippen molar-refractivity contribution >= 4 is 51.4 Å². The second kappa shape index (κ2) is 7.99. The maximum Gasteiger partial charge on any atom is 0.269 e. The number of fused-ring (bicyclic) bond motifs is 1. The van der Waals surface area contributed by atoms with Crippen LogP contribution in [-0.4, -0.2) is 20.9 Å². The minimum Gasteiger partial charge on any atom is -0.393 e. The summed E-state index contributed by atoms with van der Waals surface area (Å²) >= 11 is 5.84. The molecule has 29 heavy (non-hydrogen) atoms. The molecule has 0 spiro atoms. The number of carbonyl (C=O) groups is 1. The van der Waals surface area contributed by atoms with Gasteiger partial charge in [-0.25, -0.2) is 9.97 Å². The fourth-order valence-electron chi connectivity index (χ4n) is 2.72. The van der Waals surface area contributed by atoms with Crippen molar-refractivity contribution in [3.05, 3.63) is 77.7 Å². The molecule has 1 amide bonds. The van der Waals surface area contributed by atoms with E-state index in [1.165, 1.54) is 6.33 Å². The van der Waals surface area contributed by atoms with Gasteiger partial charge in [0, 0.05) is 22.2 Å². The largest absolute Gasteiger partial charge is 0.393 e. The van der Waals surface area contributed by atoms with Crippen molar-refractivity contribution in [2.24, 2.45) is 0 Å². The summed E-state index contributed by atoms with van der Waals surface area (Å²) in [4.78, 5) is 24.9. The Morgan fingerprint density at radius 1 is 0.931 bits per heavy atom. The fraction of sp³-hybridized carbons (Fsp3) is 0. The Bertz CT molecular complexity index is 1180. The molecule has 0 aliphatic heterocycles. The summed E-state index contributed by atoms with van der Waals surface area (Å²) in [6.45, 7) is 0. The molecule has 5 N–H and O–H groups in total. The highest BCUT2D eigenvalue weighted by Crippen LogP contribution is 2.28. The van der Waals surface area contributed by atoms with E-state index in [0.29, 0.717) is 16.4 Å². The zero-order valence-electron chi connectivity index (χ0n) is 15.1. The Labute approximate surface area is 171 Å². The molecular weight excluding hydrogens is 390 g/mol. The van der Waals surface area contributed by atoms with Gasteiger partial charge in [0.05, 0.1) is 11.2 Å². The molecule has 0 saturated heterocycles. The van der Waals surface area contributed by atoms with Gasteiger partial charge in [0.1, 0.15) is 12.0 Å². The highest BCUT2D eigenvalue weighted by Gasteiger charge is 2.12. The van der Waals surface area contributed by atoms with Gasteiger partial charge in [-0.3, -0.25) is 20.6 Å². The van der Waals surface area contributed by atoms with Gasteiger partial charge in [0.15, 0.2) is 11.6 Å². The molecule has 0 bridgehead atoms. The van der Waals surface area contributed by atoms with Crippen LogP contribution >= 0.6 is 11.6 Å². The lowest BCUT2D eigenvalue weighted by atomic mass is 10.2. The van der Waals surface area contributed by atoms with E-state index in [0.717, 1.165) is 16.6 Å². The third-order valence-electron chi connectivity index (χ3n) is 4.17. The Morgan fingerprint density at radius 3 is 2.52 bits per heavy atom. The Balaban J connectivity index is 1.53. The quantitative estimate of drug-likeness (QED) is 0.373. The lowest BCUT2D eigenvalue weighted by molar-refractivity contribution is 0.0962. The maximum atomic E-state index is 12.2. The number of nitrogen functional groups attached to an aromatic ring is 1. The third kappa shape index (κ3) is 4.02. The van der Waals surface area contributed by atoms with Crippen LogP contribution in [0.4, 0.5) is 23.0 Å². The van der Waals surface area contributed by atoms with Gasteiger partial charge in [-0.2, -0.15) is 0 Å². The highest BCUT2D eigenvalue weighted by atomic mass is 35.5. The lowest BCUT2D eigenvalue weighted by Crippen LogP contribution is -2.30. The highest BCUT2D eigenvalue weighted by molar-refractivity contribution is 6.30. The van der Waals surface area contributed by atoms with E-state index in [9.17, 15) is 4.79 Å². The van der Waals surface area contributed by atoms with Crippen LogP contribution in [0.3, 0.4) is 0 Å². The standard InChI is InChI=1S/C20H16ClN7O/c21-14-8-6-13(7-9-14)20(29)28-27-19-16(22)18(24-11-25-19)26-15-5-1-3-12-4-2-10-23-17(12)15/h1-11H,22H2,(H,28,29)(H2,24,25,26,27). The number of nitrogens with zero attached hydrogens (tertiary/aromatic N) is 3. The number of nitrogens with one attached hydrogen (secondary N) is 3. The molecular formula is C20H16ClN7O. The van der Waals surface area contributed by atoms with Gasteiger partial charge < -0.3 is 11.1 Å². The van der Waals surface area contributed by atoms with Crippen molar-refractivity contribution in [2.45, 2.75) is 0 Å². The zero-order chi connectivity index (χ0) is 20.2. The number of pyridine rings is 1. The Hall–Kier alpha value is -3.91. The lowest BCUT2D eigenvalue weighted by Gasteiger charge is -2.14. The molecule has 144 valence electrons. The molecule has 0 saturated carbocycles. The Morgan fingerprint density at radius 2 is 1.69 bits per heavy atom. The minimum absolute atomic E-state index is 0.247. The second-order valence-electron chi connectivity index (χ2n) is 6.08. The van der Waals surface area contributed by atoms with Crippen LogP contribution in [0.25, 0.3) is 10.9 Å². The van der Waals surface area contributed by atoms with E-state index >= 15 is 0 Å². The molecule has 4 aromatic rings. The van der Waals surface area contributed by atoms with E-state index in [2.05, 4.69) is 31.1 Å². The first kappa shape index (κ1) is 18.5. The van der Waals surface area contributed by atoms with E-state index in [-0.39, 0.29) is 17.4 Å². The van der Waals surface area contributed by atoms with Gasteiger partial charge in [-0.05, 0) is 36.4 Å². The molecule has 0 atom stereocenters. The predicted octanol–water partition coefficient (Wildman–Crippen LogP) is 3.76. The van der Waals surface area contributed by atoms with Gasteiger partial charge in [-0.15, -0.1) is 0 Å². The molecule has 0 fully saturated rings. The van der Waals surface area contributed by atoms with Crippen LogP contribution in [0.2, 0.25) is 5.02 Å². The van der Waals surface area contributed by atoms with E-state index in [4.69, 9.17) is 17.3 Å². The topological polar surface area (TPSA) is 118 Å². The van der Waals surface area contributed by atoms with Crippen LogP contribution in [0, 0.1) is 0 Å². The van der Waals surface area contributed by atoms with Crippen LogP contribution < -0.4 is 21.9 Å². The summed E-state index contributed by atoms with van der Waals surface area (Å²) in [7, 11) is 0. The Kier molecular flexibility index (Phi) is 5.08. The van der Waals surface area contributed by atoms with Crippen molar-refractivity contribution in [3.8, 4) is 0 Å². The summed E-state index contributed by atoms with van der Waals surface area (Å²) in [5.74, 6) is 0.298. The van der Waals surface area contributed by atoms with E-state index < -0.39 is 0 Å². The van der Waals surface area contributed by atoms with Gasteiger partial charge >= 0.3 is 0 Å². The first-order valence-electron chi connectivity index (χ1n) is 8.65. The van der Waals surface area contributed by atoms with Crippen molar-refractivity contribution in [2.75, 3.05) is 16.5 Å². The average molecular weight is 406 g/mol. The number of nitrogens with two attached hydrogens (primary N) is 1. The van der Waals surface area contributed by atoms with Crippen molar-refractivity contribution in [1.82, 2.24) is 20.4 Å². The fourth-order valence-corrected chi connectivity index (χ4v) is 2.84. The summed E-state index contributed by atoms with van der Waals surface area (Å²) in [6.07, 6.45) is 3.06. The number of rotatable bonds is 5. The van der Waals surface area contributed by atoms with Crippen LogP contribution in [0.1, 0.15) is 10.4 Å². The molecule has 2 aromatic carbocycles. The van der Waals surface area contributed by atoms with Crippen molar-refractivity contribution < 1.29 is 4.79 Å². The summed E-state index contributed by atoms with van der Waals surface area (Å²) in [5.41, 5.74) is 13.7. The SMILES string of the molecule is Nc1c(NNC(=O)c2ccc(Cl)cc2)ncnc1Nc1cccc2cccnc12. The third-order valence-corrected chi connectivity index (χ3v) is 4.42. The number of benzene rings is 2. The number of amides is 1. The number of hydrogen-bond acceptors (Lipinski definition) is 7. The van der Waals surface area contributed by atoms with Crippen LogP contribution in [0.15, 0.2) is 67.1 Å². The first-order chi connectivity index (χ1) is 14.1. The monoisotopic (exact) mass is 405 g/mol. The molecule has 0 radical (unpaired) electrons. The molecule has 9 heteroatoms. The predicted molar refractivity (Wildman–Crippen MR) is 114 cm³/mol. The number of para-hydroxylation sites is 1. The second-order valence-corrected chi connectivity index (χ2v) is 6.51. The number of halogens is 1. The van der Waals surface area contributed by atoms with Crippen molar-refractivity contribution in [1.29, 1.82) is 0 Å². The average Bonchev–Trinajstić information content (AvgIpc) is 2.75. The molecule has 4 rings (SSSR count). The number of aromatic nitrogens is 3. The van der Waals surface area contributed by atoms with E-state index in [1.807, 2.05) is 30.3 Å². The number of carbonyl (C=O) groups excluding carboxylic acids is 1. The summed E-state index contributed by atoms with van der Waals surface area (Å²) in [5, 5.41) is 4.71. The normalized spacial score (nSPS) is 10.5. The number of anilines is 4.